The maximum Gasteiger partial charge on any atom is 0.439 e. The second-order valence-corrected chi connectivity index (χ2v) is 6.69. The van der Waals surface area contributed by atoms with Gasteiger partial charge in [0.1, 0.15) is 4.88 Å². The molecule has 0 radical (unpaired) electrons. The smallest absolute Gasteiger partial charge is 0.361 e. The van der Waals surface area contributed by atoms with E-state index < -0.39 is 17.7 Å². The van der Waals surface area contributed by atoms with Crippen molar-refractivity contribution in [1.29, 1.82) is 0 Å². The predicted molar refractivity (Wildman–Crippen MR) is 82.6 cm³/mol. The lowest BCUT2D eigenvalue weighted by atomic mass is 10.3. The predicted octanol–water partition coefficient (Wildman–Crippen LogP) is 3.18. The Kier molecular flexibility index (Phi) is 4.91. The summed E-state index contributed by atoms with van der Waals surface area (Å²) in [7, 11) is 1.55. The summed E-state index contributed by atoms with van der Waals surface area (Å²) in [6, 6.07) is 1.76. The maximum atomic E-state index is 12.6. The number of carbonyl (C=O) groups excluding carboxylic acids is 1. The van der Waals surface area contributed by atoms with E-state index in [1.807, 2.05) is 6.26 Å². The Morgan fingerprint density at radius 3 is 2.81 bits per heavy atom. The van der Waals surface area contributed by atoms with E-state index in [2.05, 4.69) is 10.3 Å². The number of thioether (sulfide) groups is 2. The molecule has 1 atom stereocenters. The van der Waals surface area contributed by atoms with E-state index in [0.29, 0.717) is 5.69 Å². The molecule has 116 valence electrons. The summed E-state index contributed by atoms with van der Waals surface area (Å²) in [5.74, 6) is -0.546. The van der Waals surface area contributed by atoms with Gasteiger partial charge in [-0.3, -0.25) is 0 Å². The molecule has 0 aromatic carbocycles. The minimum Gasteiger partial charge on any atom is -0.361 e. The number of rotatable bonds is 2. The van der Waals surface area contributed by atoms with Gasteiger partial charge >= 0.3 is 11.3 Å². The van der Waals surface area contributed by atoms with Gasteiger partial charge in [0.15, 0.2) is 5.17 Å². The number of aliphatic imine (C=N–C) groups is 1. The lowest BCUT2D eigenvalue weighted by Crippen LogP contribution is -2.43. The van der Waals surface area contributed by atoms with Gasteiger partial charge in [0.25, 0.3) is 12.8 Å². The van der Waals surface area contributed by atoms with Gasteiger partial charge in [0, 0.05) is 5.38 Å². The second kappa shape index (κ2) is 6.19. The second-order valence-electron chi connectivity index (χ2n) is 4.04. The molecule has 0 fully saturated rings. The van der Waals surface area contributed by atoms with Crippen LogP contribution in [-0.4, -0.2) is 46.4 Å². The van der Waals surface area contributed by atoms with Crippen LogP contribution >= 0.6 is 34.9 Å². The van der Waals surface area contributed by atoms with Gasteiger partial charge in [-0.1, -0.05) is 11.8 Å². The first-order valence-electron chi connectivity index (χ1n) is 5.61. The van der Waals surface area contributed by atoms with E-state index in [9.17, 15) is 18.3 Å². The molecular weight excluding hydrogens is 345 g/mol. The summed E-state index contributed by atoms with van der Waals surface area (Å²) in [6.07, 6.45) is -2.91. The van der Waals surface area contributed by atoms with Crippen LogP contribution in [0.25, 0.3) is 0 Å². The van der Waals surface area contributed by atoms with Crippen molar-refractivity contribution in [1.82, 2.24) is 0 Å². The van der Waals surface area contributed by atoms with Gasteiger partial charge in [-0.25, -0.2) is 9.42 Å². The Morgan fingerprint density at radius 1 is 1.57 bits per heavy atom. The molecule has 2 heterocycles. The fourth-order valence-electron chi connectivity index (χ4n) is 1.53. The number of nitrogens with one attached hydrogen (secondary N) is 1. The minimum absolute atomic E-state index is 0.0438. The molecule has 0 saturated heterocycles. The Hall–Kier alpha value is -0.710. The van der Waals surface area contributed by atoms with Crippen molar-refractivity contribution in [2.45, 2.75) is 11.9 Å². The van der Waals surface area contributed by atoms with Crippen LogP contribution in [0.2, 0.25) is 0 Å². The first-order valence-corrected chi connectivity index (χ1v) is 8.70. The molecular formula is C11H12F3N2O2S3+. The van der Waals surface area contributed by atoms with Gasteiger partial charge in [-0.2, -0.15) is 13.2 Å². The summed E-state index contributed by atoms with van der Waals surface area (Å²) in [5.41, 5.74) is -2.40. The summed E-state index contributed by atoms with van der Waals surface area (Å²) in [4.78, 5) is 4.20. The lowest BCUT2D eigenvalue weighted by Gasteiger charge is -2.20. The van der Waals surface area contributed by atoms with E-state index >= 15 is 0 Å². The summed E-state index contributed by atoms with van der Waals surface area (Å²) < 4.78 is 43.1. The SMILES string of the molecule is C[O+]=C(SC)c1cc(NC2=NC(O)(C(F)(F)F)CS2)cs1. The summed E-state index contributed by atoms with van der Waals surface area (Å²) in [5, 5.41) is 14.7. The Morgan fingerprint density at radius 2 is 2.29 bits per heavy atom. The molecule has 10 heteroatoms. The van der Waals surface area contributed by atoms with E-state index in [1.54, 1.807) is 18.6 Å². The minimum atomic E-state index is -4.78. The van der Waals surface area contributed by atoms with E-state index in [4.69, 9.17) is 4.42 Å². The third-order valence-electron chi connectivity index (χ3n) is 2.57. The van der Waals surface area contributed by atoms with E-state index in [1.165, 1.54) is 23.1 Å². The normalized spacial score (nSPS) is 23.3. The highest BCUT2D eigenvalue weighted by Crippen LogP contribution is 2.39. The molecule has 0 bridgehead atoms. The van der Waals surface area contributed by atoms with E-state index in [-0.39, 0.29) is 5.17 Å². The van der Waals surface area contributed by atoms with Gasteiger partial charge in [-0.15, -0.1) is 11.3 Å². The van der Waals surface area contributed by atoms with Crippen LogP contribution in [0.1, 0.15) is 9.30 Å². The maximum absolute atomic E-state index is 12.6. The Labute approximate surface area is 131 Å². The van der Waals surface area contributed by atoms with Gasteiger partial charge in [0.2, 0.25) is 0 Å². The zero-order valence-electron chi connectivity index (χ0n) is 11.0. The molecule has 0 amide bonds. The van der Waals surface area contributed by atoms with Crippen molar-refractivity contribution in [2.75, 3.05) is 24.4 Å². The first-order chi connectivity index (χ1) is 9.79. The van der Waals surface area contributed by atoms with Gasteiger partial charge < -0.3 is 10.4 Å². The number of amidine groups is 1. The molecule has 1 aromatic heterocycles. The average Bonchev–Trinajstić information content (AvgIpc) is 2.99. The van der Waals surface area contributed by atoms with Crippen molar-refractivity contribution >= 4 is 50.8 Å². The molecule has 2 rings (SSSR count). The molecule has 0 spiro atoms. The fourth-order valence-corrected chi connectivity index (χ4v) is 4.08. The van der Waals surface area contributed by atoms with Crippen LogP contribution in [0.5, 0.6) is 0 Å². The van der Waals surface area contributed by atoms with Crippen LogP contribution in [0, 0.1) is 0 Å². The van der Waals surface area contributed by atoms with E-state index in [0.717, 1.165) is 21.8 Å². The van der Waals surface area contributed by atoms with Crippen LogP contribution in [0.15, 0.2) is 16.4 Å². The number of anilines is 1. The van der Waals surface area contributed by atoms with Crippen LogP contribution in [0.3, 0.4) is 0 Å². The molecule has 1 aliphatic rings. The standard InChI is InChI=1S/C11H12F3N2O2S3/c1-18-8(19-2)7-3-6(4-20-7)15-9-16-10(17,5-21-9)11(12,13)14/h3-4,17H,5H2,1-2H3,(H,15,16)/q+1. The van der Waals surface area contributed by atoms with Crippen molar-refractivity contribution in [3.05, 3.63) is 16.3 Å². The van der Waals surface area contributed by atoms with Crippen molar-refractivity contribution in [3.8, 4) is 0 Å². The molecule has 4 nitrogen and oxygen atoms in total. The topological polar surface area (TPSA) is 55.9 Å². The zero-order chi connectivity index (χ0) is 15.7. The molecule has 1 unspecified atom stereocenters. The van der Waals surface area contributed by atoms with Gasteiger partial charge in [0.05, 0.1) is 11.4 Å². The number of thiophene rings is 1. The highest BCUT2D eigenvalue weighted by Gasteiger charge is 2.57. The van der Waals surface area contributed by atoms with Crippen LogP contribution in [0.4, 0.5) is 18.9 Å². The monoisotopic (exact) mass is 357 g/mol. The highest BCUT2D eigenvalue weighted by atomic mass is 32.2. The zero-order valence-corrected chi connectivity index (χ0v) is 13.5. The summed E-state index contributed by atoms with van der Waals surface area (Å²) in [6.45, 7) is 0. The number of nitrogens with zero attached hydrogens (tertiary/aromatic N) is 1. The number of alkyl halides is 3. The van der Waals surface area contributed by atoms with Crippen LogP contribution in [-0.2, 0) is 0 Å². The molecule has 1 aliphatic heterocycles. The number of aliphatic hydroxyl groups is 1. The molecule has 1 aromatic rings. The number of hydrogen-bond acceptors (Lipinski definition) is 6. The van der Waals surface area contributed by atoms with Crippen molar-refractivity contribution < 1.29 is 22.7 Å². The largest absolute Gasteiger partial charge is 0.439 e. The number of hydrogen-bond donors (Lipinski definition) is 2. The molecule has 0 aliphatic carbocycles. The van der Waals surface area contributed by atoms with Crippen molar-refractivity contribution in [3.63, 3.8) is 0 Å². The third kappa shape index (κ3) is 3.55. The van der Waals surface area contributed by atoms with Crippen LogP contribution < -0.4 is 5.32 Å². The lowest BCUT2D eigenvalue weighted by molar-refractivity contribution is -0.245. The Balaban J connectivity index is 2.12. The number of halogens is 3. The quantitative estimate of drug-likeness (QED) is 0.798. The summed E-state index contributed by atoms with van der Waals surface area (Å²) >= 11 is 3.67. The molecule has 21 heavy (non-hydrogen) atoms. The Bertz CT molecular complexity index is 586. The highest BCUT2D eigenvalue weighted by molar-refractivity contribution is 8.14. The average molecular weight is 357 g/mol. The fraction of sp³-hybridized carbons (Fsp3) is 0.455. The molecule has 0 saturated carbocycles. The molecule has 2 N–H and O–H groups in total. The first kappa shape index (κ1) is 16.7. The third-order valence-corrected chi connectivity index (χ3v) is 5.40. The van der Waals surface area contributed by atoms with Gasteiger partial charge in [-0.05, 0) is 24.1 Å². The van der Waals surface area contributed by atoms with Crippen molar-refractivity contribution in [2.24, 2.45) is 4.99 Å².